The molecule has 2 heterocycles. The van der Waals surface area contributed by atoms with Crippen LogP contribution in [0.15, 0.2) is 0 Å². The van der Waals surface area contributed by atoms with Gasteiger partial charge in [0.1, 0.15) is 0 Å². The van der Waals surface area contributed by atoms with E-state index in [2.05, 4.69) is 5.32 Å². The summed E-state index contributed by atoms with van der Waals surface area (Å²) in [6, 6.07) is 0. The number of carbonyl (C=O) groups excluding carboxylic acids is 2. The highest BCUT2D eigenvalue weighted by atomic mass is 16.2. The van der Waals surface area contributed by atoms with E-state index in [1.807, 2.05) is 9.80 Å². The molecule has 108 valence electrons. The molecule has 0 radical (unpaired) electrons. The van der Waals surface area contributed by atoms with Gasteiger partial charge in [-0.3, -0.25) is 9.59 Å². The van der Waals surface area contributed by atoms with Crippen LogP contribution < -0.4 is 5.32 Å². The fraction of sp³-hybridized carbons (Fsp3) is 0.857. The molecule has 1 N–H and O–H groups in total. The molecule has 0 bridgehead atoms. The van der Waals surface area contributed by atoms with Crippen molar-refractivity contribution >= 4 is 11.8 Å². The third-order valence-corrected chi connectivity index (χ3v) is 4.20. The van der Waals surface area contributed by atoms with E-state index in [0.717, 1.165) is 58.3 Å². The normalized spacial score (nSPS) is 21.8. The molecule has 19 heavy (non-hydrogen) atoms. The van der Waals surface area contributed by atoms with Crippen LogP contribution in [0.25, 0.3) is 0 Å². The van der Waals surface area contributed by atoms with Gasteiger partial charge in [-0.1, -0.05) is 0 Å². The zero-order valence-electron chi connectivity index (χ0n) is 11.9. The van der Waals surface area contributed by atoms with Crippen LogP contribution in [0.1, 0.15) is 32.1 Å². The summed E-state index contributed by atoms with van der Waals surface area (Å²) < 4.78 is 0. The lowest BCUT2D eigenvalue weighted by atomic mass is 9.95. The number of carbonyl (C=O) groups is 2. The Morgan fingerprint density at radius 1 is 1.26 bits per heavy atom. The Hall–Kier alpha value is -1.10. The van der Waals surface area contributed by atoms with Gasteiger partial charge in [-0.25, -0.2) is 0 Å². The fourth-order valence-corrected chi connectivity index (χ4v) is 2.99. The Balaban J connectivity index is 1.74. The molecule has 0 atom stereocenters. The van der Waals surface area contributed by atoms with Gasteiger partial charge in [-0.2, -0.15) is 0 Å². The molecule has 0 spiro atoms. The van der Waals surface area contributed by atoms with Gasteiger partial charge >= 0.3 is 0 Å². The fourth-order valence-electron chi connectivity index (χ4n) is 2.99. The van der Waals surface area contributed by atoms with Crippen molar-refractivity contribution in [3.63, 3.8) is 0 Å². The number of piperidine rings is 2. The van der Waals surface area contributed by atoms with Gasteiger partial charge in [0.2, 0.25) is 11.8 Å². The molecule has 5 heteroatoms. The SMILES string of the molecule is CNCC(=O)N1CCC(CN2CCCCC2=O)CC1. The van der Waals surface area contributed by atoms with Gasteiger partial charge in [0.05, 0.1) is 6.54 Å². The minimum atomic E-state index is 0.190. The molecule has 5 nitrogen and oxygen atoms in total. The van der Waals surface area contributed by atoms with Gasteiger partial charge in [0.15, 0.2) is 0 Å². The van der Waals surface area contributed by atoms with E-state index in [0.29, 0.717) is 18.4 Å². The molecule has 0 aromatic rings. The predicted octanol–water partition coefficient (Wildman–Crippen LogP) is 0.457. The van der Waals surface area contributed by atoms with Crippen molar-refractivity contribution in [3.05, 3.63) is 0 Å². The van der Waals surface area contributed by atoms with Crippen LogP contribution in [0.4, 0.5) is 0 Å². The van der Waals surface area contributed by atoms with Crippen molar-refractivity contribution in [2.24, 2.45) is 5.92 Å². The lowest BCUT2D eigenvalue weighted by Gasteiger charge is -2.36. The van der Waals surface area contributed by atoms with E-state index in [1.54, 1.807) is 7.05 Å². The van der Waals surface area contributed by atoms with Gasteiger partial charge in [-0.05, 0) is 38.6 Å². The topological polar surface area (TPSA) is 52.7 Å². The Morgan fingerprint density at radius 3 is 2.63 bits per heavy atom. The monoisotopic (exact) mass is 267 g/mol. The zero-order chi connectivity index (χ0) is 13.7. The van der Waals surface area contributed by atoms with Crippen LogP contribution in [0, 0.1) is 5.92 Å². The van der Waals surface area contributed by atoms with Crippen molar-refractivity contribution < 1.29 is 9.59 Å². The van der Waals surface area contributed by atoms with Crippen LogP contribution in [0.2, 0.25) is 0 Å². The lowest BCUT2D eigenvalue weighted by molar-refractivity contribution is -0.135. The second-order valence-corrected chi connectivity index (χ2v) is 5.65. The molecular weight excluding hydrogens is 242 g/mol. The predicted molar refractivity (Wildman–Crippen MR) is 73.7 cm³/mol. The maximum absolute atomic E-state index is 11.8. The molecule has 2 aliphatic rings. The maximum atomic E-state index is 11.8. The summed E-state index contributed by atoms with van der Waals surface area (Å²) in [5, 5.41) is 2.90. The average Bonchev–Trinajstić information content (AvgIpc) is 2.42. The Kier molecular flexibility index (Phi) is 5.19. The highest BCUT2D eigenvalue weighted by Gasteiger charge is 2.26. The highest BCUT2D eigenvalue weighted by Crippen LogP contribution is 2.21. The average molecular weight is 267 g/mol. The standard InChI is InChI=1S/C14H25N3O2/c1-15-10-14(19)16-8-5-12(6-9-16)11-17-7-3-2-4-13(17)18/h12,15H,2-11H2,1H3. The second-order valence-electron chi connectivity index (χ2n) is 5.65. The minimum absolute atomic E-state index is 0.190. The molecule has 0 aliphatic carbocycles. The van der Waals surface area contributed by atoms with Gasteiger partial charge in [0, 0.05) is 32.6 Å². The van der Waals surface area contributed by atoms with E-state index < -0.39 is 0 Å². The first-order valence-corrected chi connectivity index (χ1v) is 7.41. The molecule has 0 saturated carbocycles. The first kappa shape index (κ1) is 14.3. The van der Waals surface area contributed by atoms with Gasteiger partial charge < -0.3 is 15.1 Å². The molecule has 0 unspecified atom stereocenters. The van der Waals surface area contributed by atoms with Crippen LogP contribution in [0.3, 0.4) is 0 Å². The lowest BCUT2D eigenvalue weighted by Crippen LogP contribution is -2.45. The number of hydrogen-bond donors (Lipinski definition) is 1. The summed E-state index contributed by atoms with van der Waals surface area (Å²) in [7, 11) is 1.80. The first-order valence-electron chi connectivity index (χ1n) is 7.41. The van der Waals surface area contributed by atoms with Crippen molar-refractivity contribution in [1.29, 1.82) is 0 Å². The van der Waals surface area contributed by atoms with Crippen LogP contribution in [-0.2, 0) is 9.59 Å². The van der Waals surface area contributed by atoms with Crippen molar-refractivity contribution in [3.8, 4) is 0 Å². The number of rotatable bonds is 4. The van der Waals surface area contributed by atoms with E-state index in [4.69, 9.17) is 0 Å². The molecule has 2 fully saturated rings. The van der Waals surface area contributed by atoms with Gasteiger partial charge in [0.25, 0.3) is 0 Å². The number of nitrogens with one attached hydrogen (secondary N) is 1. The molecule has 0 aromatic carbocycles. The highest BCUT2D eigenvalue weighted by molar-refractivity contribution is 5.78. The van der Waals surface area contributed by atoms with Crippen LogP contribution in [0.5, 0.6) is 0 Å². The molecular formula is C14H25N3O2. The van der Waals surface area contributed by atoms with Crippen molar-refractivity contribution in [2.45, 2.75) is 32.1 Å². The Labute approximate surface area is 115 Å². The first-order chi connectivity index (χ1) is 9.20. The Morgan fingerprint density at radius 2 is 2.00 bits per heavy atom. The van der Waals surface area contributed by atoms with Gasteiger partial charge in [-0.15, -0.1) is 0 Å². The van der Waals surface area contributed by atoms with E-state index in [9.17, 15) is 9.59 Å². The summed E-state index contributed by atoms with van der Waals surface area (Å²) in [6.45, 7) is 3.93. The smallest absolute Gasteiger partial charge is 0.236 e. The number of likely N-dealkylation sites (tertiary alicyclic amines) is 2. The van der Waals surface area contributed by atoms with E-state index in [-0.39, 0.29) is 5.91 Å². The Bertz CT molecular complexity index is 325. The van der Waals surface area contributed by atoms with Crippen LogP contribution >= 0.6 is 0 Å². The van der Waals surface area contributed by atoms with Crippen molar-refractivity contribution in [2.75, 3.05) is 39.8 Å². The quantitative estimate of drug-likeness (QED) is 0.805. The number of likely N-dealkylation sites (N-methyl/N-ethyl adjacent to an activating group) is 1. The van der Waals surface area contributed by atoms with E-state index in [1.165, 1.54) is 0 Å². The van der Waals surface area contributed by atoms with Crippen LogP contribution in [-0.4, -0.2) is 61.4 Å². The molecule has 2 rings (SSSR count). The minimum Gasteiger partial charge on any atom is -0.342 e. The maximum Gasteiger partial charge on any atom is 0.236 e. The van der Waals surface area contributed by atoms with Crippen molar-refractivity contribution in [1.82, 2.24) is 15.1 Å². The zero-order valence-corrected chi connectivity index (χ0v) is 11.9. The number of amides is 2. The molecule has 2 amide bonds. The largest absolute Gasteiger partial charge is 0.342 e. The molecule has 2 saturated heterocycles. The molecule has 0 aromatic heterocycles. The third kappa shape index (κ3) is 3.93. The summed E-state index contributed by atoms with van der Waals surface area (Å²) in [5.74, 6) is 1.08. The summed E-state index contributed by atoms with van der Waals surface area (Å²) in [4.78, 5) is 27.5. The summed E-state index contributed by atoms with van der Waals surface area (Å²) >= 11 is 0. The third-order valence-electron chi connectivity index (χ3n) is 4.20. The number of nitrogens with zero attached hydrogens (tertiary/aromatic N) is 2. The second kappa shape index (κ2) is 6.89. The summed E-state index contributed by atoms with van der Waals surface area (Å²) in [5.41, 5.74) is 0. The number of hydrogen-bond acceptors (Lipinski definition) is 3. The summed E-state index contributed by atoms with van der Waals surface area (Å²) in [6.07, 6.45) is 4.97. The molecule has 2 aliphatic heterocycles. The van der Waals surface area contributed by atoms with E-state index >= 15 is 0 Å².